The standard InChI is InChI=1S/C12H4ClFN4O2/c13-8-2-9(14)7(12(19)20)1-10(8)18-11(5-17)6(3-15)4-16/h1-2,18H,(H,19,20). The molecular formula is C12H4ClFN4O2. The molecule has 0 radical (unpaired) electrons. The first kappa shape index (κ1) is 15.0. The van der Waals surface area contributed by atoms with Crippen molar-refractivity contribution in [2.75, 3.05) is 5.32 Å². The number of allylic oxidation sites excluding steroid dienone is 2. The van der Waals surface area contributed by atoms with Crippen LogP contribution in [0.3, 0.4) is 0 Å². The molecule has 0 saturated carbocycles. The lowest BCUT2D eigenvalue weighted by molar-refractivity contribution is 0.0692. The summed E-state index contributed by atoms with van der Waals surface area (Å²) < 4.78 is 13.3. The number of rotatable bonds is 3. The molecule has 0 aliphatic heterocycles. The van der Waals surface area contributed by atoms with Gasteiger partial charge in [0.15, 0.2) is 5.57 Å². The van der Waals surface area contributed by atoms with E-state index in [9.17, 15) is 9.18 Å². The van der Waals surface area contributed by atoms with Gasteiger partial charge in [-0.25, -0.2) is 9.18 Å². The lowest BCUT2D eigenvalue weighted by Gasteiger charge is -2.08. The zero-order valence-electron chi connectivity index (χ0n) is 9.61. The van der Waals surface area contributed by atoms with E-state index in [1.54, 1.807) is 6.07 Å². The highest BCUT2D eigenvalue weighted by Crippen LogP contribution is 2.27. The maximum Gasteiger partial charge on any atom is 0.338 e. The number of nitrogens with zero attached hydrogens (tertiary/aromatic N) is 3. The van der Waals surface area contributed by atoms with E-state index in [0.29, 0.717) is 0 Å². The number of halogens is 2. The van der Waals surface area contributed by atoms with Gasteiger partial charge in [-0.2, -0.15) is 15.8 Å². The second-order valence-corrected chi connectivity index (χ2v) is 3.73. The van der Waals surface area contributed by atoms with Crippen molar-refractivity contribution in [3.63, 3.8) is 0 Å². The smallest absolute Gasteiger partial charge is 0.338 e. The van der Waals surface area contributed by atoms with Gasteiger partial charge in [-0.05, 0) is 12.1 Å². The molecule has 0 aliphatic carbocycles. The highest BCUT2D eigenvalue weighted by molar-refractivity contribution is 6.33. The predicted octanol–water partition coefficient (Wildman–Crippen LogP) is 2.41. The van der Waals surface area contributed by atoms with Crippen LogP contribution in [0.15, 0.2) is 23.4 Å². The Bertz CT molecular complexity index is 722. The van der Waals surface area contributed by atoms with Crippen LogP contribution in [0.5, 0.6) is 0 Å². The van der Waals surface area contributed by atoms with E-state index >= 15 is 0 Å². The summed E-state index contributed by atoms with van der Waals surface area (Å²) in [5.74, 6) is -2.57. The van der Waals surface area contributed by atoms with Crippen LogP contribution in [0.25, 0.3) is 0 Å². The van der Waals surface area contributed by atoms with E-state index in [1.807, 2.05) is 0 Å². The van der Waals surface area contributed by atoms with Crippen LogP contribution in [0.1, 0.15) is 10.4 Å². The van der Waals surface area contributed by atoms with Crippen LogP contribution >= 0.6 is 11.6 Å². The maximum absolute atomic E-state index is 13.3. The Morgan fingerprint density at radius 1 is 1.25 bits per heavy atom. The summed E-state index contributed by atoms with van der Waals surface area (Å²) in [7, 11) is 0. The fourth-order valence-corrected chi connectivity index (χ4v) is 1.42. The number of nitrogens with one attached hydrogen (secondary N) is 1. The molecule has 0 aromatic heterocycles. The van der Waals surface area contributed by atoms with Crippen LogP contribution < -0.4 is 5.32 Å². The van der Waals surface area contributed by atoms with Crippen molar-refractivity contribution in [1.29, 1.82) is 15.8 Å². The van der Waals surface area contributed by atoms with Gasteiger partial charge in [0.05, 0.1) is 16.3 Å². The number of benzene rings is 1. The van der Waals surface area contributed by atoms with E-state index in [-0.39, 0.29) is 10.7 Å². The quantitative estimate of drug-likeness (QED) is 0.825. The van der Waals surface area contributed by atoms with Gasteiger partial charge in [0.1, 0.15) is 29.7 Å². The minimum absolute atomic E-state index is 0.106. The van der Waals surface area contributed by atoms with Gasteiger partial charge in [-0.3, -0.25) is 0 Å². The molecule has 1 aromatic carbocycles. The zero-order valence-corrected chi connectivity index (χ0v) is 10.4. The zero-order chi connectivity index (χ0) is 15.3. The largest absolute Gasteiger partial charge is 0.478 e. The average Bonchev–Trinajstić information content (AvgIpc) is 2.40. The molecule has 0 spiro atoms. The van der Waals surface area contributed by atoms with Crippen molar-refractivity contribution in [1.82, 2.24) is 0 Å². The van der Waals surface area contributed by atoms with Gasteiger partial charge < -0.3 is 10.4 Å². The number of anilines is 1. The Hall–Kier alpha value is -3.08. The highest BCUT2D eigenvalue weighted by atomic mass is 35.5. The molecule has 1 rings (SSSR count). The molecule has 1 aromatic rings. The van der Waals surface area contributed by atoms with Crippen molar-refractivity contribution in [2.24, 2.45) is 0 Å². The van der Waals surface area contributed by atoms with Crippen LogP contribution in [0, 0.1) is 39.8 Å². The summed E-state index contributed by atoms with van der Waals surface area (Å²) in [6, 6.07) is 6.16. The summed E-state index contributed by atoms with van der Waals surface area (Å²) in [4.78, 5) is 10.8. The Morgan fingerprint density at radius 3 is 2.30 bits per heavy atom. The second-order valence-electron chi connectivity index (χ2n) is 3.33. The molecule has 0 atom stereocenters. The minimum Gasteiger partial charge on any atom is -0.478 e. The monoisotopic (exact) mass is 290 g/mol. The fourth-order valence-electron chi connectivity index (χ4n) is 1.23. The molecule has 0 bridgehead atoms. The lowest BCUT2D eigenvalue weighted by Crippen LogP contribution is -2.05. The Kier molecular flexibility index (Phi) is 4.64. The number of nitriles is 3. The number of hydrogen-bond acceptors (Lipinski definition) is 5. The van der Waals surface area contributed by atoms with Crippen molar-refractivity contribution in [2.45, 2.75) is 0 Å². The molecule has 20 heavy (non-hydrogen) atoms. The number of aromatic carboxylic acids is 1. The van der Waals surface area contributed by atoms with E-state index in [1.165, 1.54) is 12.1 Å². The van der Waals surface area contributed by atoms with Crippen LogP contribution in [-0.2, 0) is 0 Å². The predicted molar refractivity (Wildman–Crippen MR) is 65.9 cm³/mol. The van der Waals surface area contributed by atoms with Crippen molar-refractivity contribution >= 4 is 23.3 Å². The van der Waals surface area contributed by atoms with Gasteiger partial charge >= 0.3 is 5.97 Å². The molecule has 0 unspecified atom stereocenters. The number of hydrogen-bond donors (Lipinski definition) is 2. The topological polar surface area (TPSA) is 121 Å². The molecule has 2 N–H and O–H groups in total. The fraction of sp³-hybridized carbons (Fsp3) is 0. The Balaban J connectivity index is 3.37. The van der Waals surface area contributed by atoms with Crippen LogP contribution in [-0.4, -0.2) is 11.1 Å². The molecule has 0 aliphatic rings. The maximum atomic E-state index is 13.3. The highest BCUT2D eigenvalue weighted by Gasteiger charge is 2.16. The van der Waals surface area contributed by atoms with E-state index in [2.05, 4.69) is 5.32 Å². The molecule has 98 valence electrons. The van der Waals surface area contributed by atoms with Gasteiger partial charge in [0.2, 0.25) is 0 Å². The van der Waals surface area contributed by atoms with Gasteiger partial charge in [-0.15, -0.1) is 0 Å². The first-order valence-electron chi connectivity index (χ1n) is 4.88. The normalized spacial score (nSPS) is 8.75. The second kappa shape index (κ2) is 6.19. The van der Waals surface area contributed by atoms with Gasteiger partial charge in [-0.1, -0.05) is 11.6 Å². The van der Waals surface area contributed by atoms with Crippen molar-refractivity contribution < 1.29 is 14.3 Å². The summed E-state index contributed by atoms with van der Waals surface area (Å²) >= 11 is 5.71. The van der Waals surface area contributed by atoms with Crippen molar-refractivity contribution in [3.8, 4) is 18.2 Å². The number of carbonyl (C=O) groups is 1. The van der Waals surface area contributed by atoms with E-state index < -0.39 is 28.6 Å². The molecule has 6 nitrogen and oxygen atoms in total. The van der Waals surface area contributed by atoms with E-state index in [4.69, 9.17) is 32.5 Å². The number of carboxylic acids is 1. The summed E-state index contributed by atoms with van der Waals surface area (Å²) in [6.45, 7) is 0. The van der Waals surface area contributed by atoms with Crippen molar-refractivity contribution in [3.05, 3.63) is 39.8 Å². The lowest BCUT2D eigenvalue weighted by atomic mass is 10.1. The molecule has 0 amide bonds. The Labute approximate surface area is 117 Å². The summed E-state index contributed by atoms with van der Waals surface area (Å²) in [5.41, 5.74) is -1.70. The third-order valence-corrected chi connectivity index (χ3v) is 2.44. The molecule has 0 fully saturated rings. The summed E-state index contributed by atoms with van der Waals surface area (Å²) in [5, 5.41) is 37.1. The van der Waals surface area contributed by atoms with E-state index in [0.717, 1.165) is 12.1 Å². The molecule has 0 heterocycles. The molecular weight excluding hydrogens is 287 g/mol. The minimum atomic E-state index is -1.52. The Morgan fingerprint density at radius 2 is 1.85 bits per heavy atom. The van der Waals surface area contributed by atoms with Gasteiger partial charge in [0, 0.05) is 0 Å². The van der Waals surface area contributed by atoms with Crippen LogP contribution in [0.2, 0.25) is 5.02 Å². The SMILES string of the molecule is N#CC(C#N)=C(C#N)Nc1cc(C(=O)O)c(F)cc1Cl. The average molecular weight is 291 g/mol. The summed E-state index contributed by atoms with van der Waals surface area (Å²) in [6.07, 6.45) is 0. The third kappa shape index (κ3) is 3.02. The third-order valence-electron chi connectivity index (χ3n) is 2.13. The first-order valence-corrected chi connectivity index (χ1v) is 5.26. The molecule has 0 saturated heterocycles. The first-order chi connectivity index (χ1) is 9.44. The van der Waals surface area contributed by atoms with Gasteiger partial charge in [0.25, 0.3) is 0 Å². The number of carboxylic acid groups (broad SMARTS) is 1. The van der Waals surface area contributed by atoms with Crippen LogP contribution in [0.4, 0.5) is 10.1 Å². The molecule has 8 heteroatoms.